The molecule has 0 saturated heterocycles. The zero-order valence-electron chi connectivity index (χ0n) is 19.4. The first-order valence-corrected chi connectivity index (χ1v) is 11.1. The van der Waals surface area contributed by atoms with Crippen LogP contribution in [0.1, 0.15) is 42.5 Å². The van der Waals surface area contributed by atoms with Gasteiger partial charge in [-0.25, -0.2) is 4.79 Å². The van der Waals surface area contributed by atoms with Crippen LogP contribution in [-0.2, 0) is 17.6 Å². The second kappa shape index (κ2) is 9.49. The Morgan fingerprint density at radius 3 is 2.82 bits per heavy atom. The number of amides is 2. The molecule has 8 heteroatoms. The summed E-state index contributed by atoms with van der Waals surface area (Å²) < 4.78 is 1.22. The van der Waals surface area contributed by atoms with Crippen molar-refractivity contribution in [3.05, 3.63) is 77.4 Å². The number of anilines is 1. The molecule has 4 rings (SSSR count). The van der Waals surface area contributed by atoms with Crippen LogP contribution in [0.15, 0.2) is 55.1 Å². The number of likely N-dealkylation sites (N-methyl/N-ethyl adjacent to an activating group) is 1. The van der Waals surface area contributed by atoms with Crippen molar-refractivity contribution in [2.75, 3.05) is 11.9 Å². The topological polar surface area (TPSA) is 100 Å². The molecule has 0 saturated carbocycles. The fourth-order valence-electron chi connectivity index (χ4n) is 3.82. The number of aryl methyl sites for hydroxylation is 1. The van der Waals surface area contributed by atoms with Crippen LogP contribution in [-0.4, -0.2) is 50.5 Å². The van der Waals surface area contributed by atoms with Crippen LogP contribution in [0.2, 0.25) is 0 Å². The van der Waals surface area contributed by atoms with E-state index < -0.39 is 17.7 Å². The Morgan fingerprint density at radius 1 is 1.26 bits per heavy atom. The summed E-state index contributed by atoms with van der Waals surface area (Å²) in [7, 11) is 1.69. The van der Waals surface area contributed by atoms with Crippen LogP contribution in [0.3, 0.4) is 0 Å². The normalized spacial score (nSPS) is 15.7. The maximum absolute atomic E-state index is 13.1. The number of nitrogens with one attached hydrogen (secondary N) is 1. The molecule has 3 aromatic rings. The van der Waals surface area contributed by atoms with Crippen LogP contribution < -0.4 is 10.2 Å². The summed E-state index contributed by atoms with van der Waals surface area (Å²) in [6.45, 7) is 3.24. The van der Waals surface area contributed by atoms with Gasteiger partial charge in [0.05, 0.1) is 6.20 Å². The van der Waals surface area contributed by atoms with Gasteiger partial charge in [0.15, 0.2) is 0 Å². The molecule has 0 radical (unpaired) electrons. The number of carbonyl (C=O) groups is 2. The molecule has 34 heavy (non-hydrogen) atoms. The number of rotatable bonds is 3. The van der Waals surface area contributed by atoms with E-state index in [1.807, 2.05) is 30.3 Å². The second-order valence-electron chi connectivity index (χ2n) is 8.92. The van der Waals surface area contributed by atoms with Crippen molar-refractivity contribution in [2.24, 2.45) is 0 Å². The summed E-state index contributed by atoms with van der Waals surface area (Å²) in [5.41, 5.74) is 3.25. The fraction of sp³-hybridized carbons (Fsp3) is 0.308. The van der Waals surface area contributed by atoms with E-state index in [0.29, 0.717) is 24.8 Å². The number of hydrogen-bond acceptors (Lipinski definition) is 5. The van der Waals surface area contributed by atoms with E-state index in [1.165, 1.54) is 4.68 Å². The van der Waals surface area contributed by atoms with Gasteiger partial charge >= 0.3 is 6.03 Å². The summed E-state index contributed by atoms with van der Waals surface area (Å²) in [5.74, 6) is 5.53. The van der Waals surface area contributed by atoms with Gasteiger partial charge < -0.3 is 15.3 Å². The van der Waals surface area contributed by atoms with E-state index in [1.54, 1.807) is 50.6 Å². The Bertz CT molecular complexity index is 1260. The van der Waals surface area contributed by atoms with E-state index in [0.717, 1.165) is 22.4 Å². The molecular formula is C26H27N5O3. The molecule has 0 fully saturated rings. The third kappa shape index (κ3) is 5.50. The van der Waals surface area contributed by atoms with Crippen LogP contribution in [0.4, 0.5) is 10.5 Å². The molecule has 0 spiro atoms. The number of fused-ring (bicyclic) bond motifs is 1. The van der Waals surface area contributed by atoms with Gasteiger partial charge in [-0.3, -0.25) is 9.78 Å². The van der Waals surface area contributed by atoms with Gasteiger partial charge in [-0.2, -0.15) is 9.78 Å². The van der Waals surface area contributed by atoms with Gasteiger partial charge in [-0.05, 0) is 61.6 Å². The number of carbonyl (C=O) groups excluding carboxylic acids is 2. The maximum Gasteiger partial charge on any atom is 0.342 e. The molecule has 0 unspecified atom stereocenters. The Labute approximate surface area is 198 Å². The first kappa shape index (κ1) is 23.2. The smallest absolute Gasteiger partial charge is 0.342 e. The summed E-state index contributed by atoms with van der Waals surface area (Å²) in [6.07, 6.45) is 8.50. The lowest BCUT2D eigenvalue weighted by atomic mass is 10.0. The molecule has 174 valence electrons. The Kier molecular flexibility index (Phi) is 6.48. The van der Waals surface area contributed by atoms with Crippen molar-refractivity contribution >= 4 is 17.6 Å². The van der Waals surface area contributed by atoms with Gasteiger partial charge in [-0.1, -0.05) is 24.0 Å². The SMILES string of the molecule is CN1C(=O)[C@H](NC(=O)n2cc(Cc3cccnc3)cn2)CCc2ccc(C#CC(C)(C)O)cc21. The molecule has 2 aromatic heterocycles. The molecule has 0 bridgehead atoms. The van der Waals surface area contributed by atoms with Crippen molar-refractivity contribution in [2.45, 2.75) is 44.8 Å². The summed E-state index contributed by atoms with van der Waals surface area (Å²) in [4.78, 5) is 31.6. The first-order chi connectivity index (χ1) is 16.2. The third-order valence-corrected chi connectivity index (χ3v) is 5.56. The van der Waals surface area contributed by atoms with Gasteiger partial charge in [0.2, 0.25) is 5.91 Å². The zero-order chi connectivity index (χ0) is 24.3. The predicted octanol–water partition coefficient (Wildman–Crippen LogP) is 2.53. The highest BCUT2D eigenvalue weighted by atomic mass is 16.3. The standard InChI is InChI=1S/C26H27N5O3/c1-26(2,34)11-10-18-6-7-21-8-9-22(24(32)30(3)23(21)14-18)29-25(33)31-17-20(16-28-31)13-19-5-4-12-27-15-19/h4-7,12,14-17,22,34H,8-9,13H2,1-3H3,(H,29,33)/t22-/m1/s1. The van der Waals surface area contributed by atoms with Gasteiger partial charge in [-0.15, -0.1) is 0 Å². The van der Waals surface area contributed by atoms with Crippen LogP contribution >= 0.6 is 0 Å². The van der Waals surface area contributed by atoms with E-state index >= 15 is 0 Å². The largest absolute Gasteiger partial charge is 0.378 e. The predicted molar refractivity (Wildman–Crippen MR) is 128 cm³/mol. The fourth-order valence-corrected chi connectivity index (χ4v) is 3.82. The van der Waals surface area contributed by atoms with Gasteiger partial charge in [0, 0.05) is 43.3 Å². The highest BCUT2D eigenvalue weighted by molar-refractivity contribution is 6.00. The number of hydrogen-bond donors (Lipinski definition) is 2. The maximum atomic E-state index is 13.1. The summed E-state index contributed by atoms with van der Waals surface area (Å²) in [6, 6.07) is 8.35. The van der Waals surface area contributed by atoms with Gasteiger partial charge in [0.1, 0.15) is 11.6 Å². The molecule has 1 atom stereocenters. The second-order valence-corrected chi connectivity index (χ2v) is 8.92. The number of pyridine rings is 1. The van der Waals surface area contributed by atoms with Crippen LogP contribution in [0.25, 0.3) is 0 Å². The molecule has 2 N–H and O–H groups in total. The Hall–Kier alpha value is -3.96. The van der Waals surface area contributed by atoms with E-state index in [9.17, 15) is 14.7 Å². The van der Waals surface area contributed by atoms with Crippen LogP contribution in [0, 0.1) is 11.8 Å². The Morgan fingerprint density at radius 2 is 2.09 bits per heavy atom. The number of benzene rings is 1. The quantitative estimate of drug-likeness (QED) is 0.589. The highest BCUT2D eigenvalue weighted by Crippen LogP contribution is 2.27. The molecule has 8 nitrogen and oxygen atoms in total. The van der Waals surface area contributed by atoms with E-state index in [2.05, 4.69) is 27.2 Å². The minimum Gasteiger partial charge on any atom is -0.378 e. The highest BCUT2D eigenvalue weighted by Gasteiger charge is 2.30. The molecule has 1 aliphatic rings. The van der Waals surface area contributed by atoms with Gasteiger partial charge in [0.25, 0.3) is 0 Å². The molecule has 0 aliphatic carbocycles. The summed E-state index contributed by atoms with van der Waals surface area (Å²) >= 11 is 0. The molecular weight excluding hydrogens is 430 g/mol. The van der Waals surface area contributed by atoms with Crippen molar-refractivity contribution in [1.82, 2.24) is 20.1 Å². The third-order valence-electron chi connectivity index (χ3n) is 5.56. The minimum absolute atomic E-state index is 0.206. The minimum atomic E-state index is -1.10. The molecule has 3 heterocycles. The first-order valence-electron chi connectivity index (χ1n) is 11.1. The van der Waals surface area contributed by atoms with Crippen molar-refractivity contribution < 1.29 is 14.7 Å². The lowest BCUT2D eigenvalue weighted by Crippen LogP contribution is -2.48. The van der Waals surface area contributed by atoms with Crippen molar-refractivity contribution in [1.29, 1.82) is 0 Å². The zero-order valence-corrected chi connectivity index (χ0v) is 19.4. The average Bonchev–Trinajstić information content (AvgIpc) is 3.24. The summed E-state index contributed by atoms with van der Waals surface area (Å²) in [5, 5.41) is 16.8. The lowest BCUT2D eigenvalue weighted by molar-refractivity contribution is -0.120. The number of aromatic nitrogens is 3. The Balaban J connectivity index is 1.46. The van der Waals surface area contributed by atoms with Crippen molar-refractivity contribution in [3.63, 3.8) is 0 Å². The molecule has 2 amide bonds. The lowest BCUT2D eigenvalue weighted by Gasteiger charge is -2.22. The average molecular weight is 458 g/mol. The van der Waals surface area contributed by atoms with Crippen molar-refractivity contribution in [3.8, 4) is 11.8 Å². The monoisotopic (exact) mass is 457 g/mol. The number of aliphatic hydroxyl groups is 1. The number of nitrogens with zero attached hydrogens (tertiary/aromatic N) is 4. The molecule has 1 aliphatic heterocycles. The molecule has 1 aromatic carbocycles. The van der Waals surface area contributed by atoms with E-state index in [4.69, 9.17) is 0 Å². The van der Waals surface area contributed by atoms with Crippen LogP contribution in [0.5, 0.6) is 0 Å². The van der Waals surface area contributed by atoms with E-state index in [-0.39, 0.29) is 5.91 Å².